The largest absolute Gasteiger partial charge is 0.494 e. The number of hydrogen-bond acceptors (Lipinski definition) is 4. The molecule has 0 amide bonds. The molecule has 1 aromatic carbocycles. The first-order valence-corrected chi connectivity index (χ1v) is 6.11. The Morgan fingerprint density at radius 2 is 2.26 bits per heavy atom. The third-order valence-corrected chi connectivity index (χ3v) is 3.00. The Morgan fingerprint density at radius 1 is 1.47 bits per heavy atom. The molecule has 102 valence electrons. The van der Waals surface area contributed by atoms with Crippen LogP contribution < -0.4 is 10.5 Å². The zero-order valence-corrected chi connectivity index (χ0v) is 11.0. The number of benzene rings is 1. The van der Waals surface area contributed by atoms with Gasteiger partial charge < -0.3 is 10.5 Å². The van der Waals surface area contributed by atoms with E-state index in [9.17, 15) is 4.39 Å². The molecule has 2 aromatic rings. The van der Waals surface area contributed by atoms with E-state index >= 15 is 0 Å². The third kappa shape index (κ3) is 2.90. The van der Waals surface area contributed by atoms with Crippen LogP contribution in [-0.2, 0) is 13.0 Å². The molecule has 0 saturated carbocycles. The second kappa shape index (κ2) is 5.79. The molecule has 0 aliphatic heterocycles. The highest BCUT2D eigenvalue weighted by molar-refractivity contribution is 5.31. The molecule has 6 heteroatoms. The minimum Gasteiger partial charge on any atom is -0.494 e. The van der Waals surface area contributed by atoms with Gasteiger partial charge in [-0.3, -0.25) is 4.68 Å². The third-order valence-electron chi connectivity index (χ3n) is 3.00. The first-order valence-electron chi connectivity index (χ1n) is 6.11. The summed E-state index contributed by atoms with van der Waals surface area (Å²) in [5, 5.41) is 4.08. The van der Waals surface area contributed by atoms with Crippen molar-refractivity contribution < 1.29 is 9.13 Å². The molecule has 1 aromatic heterocycles. The SMILES string of the molecule is CCn1ncnc1CC(N)c1ccc(OC)c(F)c1. The van der Waals surface area contributed by atoms with E-state index in [0.717, 1.165) is 12.4 Å². The van der Waals surface area contributed by atoms with Crippen molar-refractivity contribution in [3.8, 4) is 5.75 Å². The molecule has 1 heterocycles. The quantitative estimate of drug-likeness (QED) is 0.892. The highest BCUT2D eigenvalue weighted by Gasteiger charge is 2.13. The zero-order valence-electron chi connectivity index (χ0n) is 11.0. The van der Waals surface area contributed by atoms with Gasteiger partial charge in [-0.2, -0.15) is 5.10 Å². The van der Waals surface area contributed by atoms with Crippen LogP contribution in [0, 0.1) is 5.82 Å². The highest BCUT2D eigenvalue weighted by Crippen LogP contribution is 2.22. The van der Waals surface area contributed by atoms with Gasteiger partial charge in [-0.25, -0.2) is 9.37 Å². The van der Waals surface area contributed by atoms with Gasteiger partial charge in [-0.1, -0.05) is 6.07 Å². The molecule has 0 aliphatic carbocycles. The smallest absolute Gasteiger partial charge is 0.165 e. The van der Waals surface area contributed by atoms with Gasteiger partial charge >= 0.3 is 0 Å². The number of ether oxygens (including phenoxy) is 1. The second-order valence-electron chi connectivity index (χ2n) is 4.20. The van der Waals surface area contributed by atoms with E-state index in [4.69, 9.17) is 10.5 Å². The lowest BCUT2D eigenvalue weighted by atomic mass is 10.0. The maximum absolute atomic E-state index is 13.6. The molecule has 1 unspecified atom stereocenters. The fraction of sp³-hybridized carbons (Fsp3) is 0.385. The predicted octanol–water partition coefficient (Wildman–Crippen LogP) is 1.69. The van der Waals surface area contributed by atoms with Crippen LogP contribution in [0.3, 0.4) is 0 Å². The van der Waals surface area contributed by atoms with Gasteiger partial charge in [0, 0.05) is 19.0 Å². The van der Waals surface area contributed by atoms with E-state index in [1.54, 1.807) is 16.8 Å². The first kappa shape index (κ1) is 13.5. The molecule has 0 radical (unpaired) electrons. The number of methoxy groups -OCH3 is 1. The van der Waals surface area contributed by atoms with Gasteiger partial charge in [0.1, 0.15) is 12.2 Å². The number of aryl methyl sites for hydroxylation is 1. The summed E-state index contributed by atoms with van der Waals surface area (Å²) >= 11 is 0. The molecule has 0 spiro atoms. The Balaban J connectivity index is 2.16. The maximum Gasteiger partial charge on any atom is 0.165 e. The van der Waals surface area contributed by atoms with Crippen LogP contribution in [-0.4, -0.2) is 21.9 Å². The summed E-state index contributed by atoms with van der Waals surface area (Å²) in [5.41, 5.74) is 6.79. The van der Waals surface area contributed by atoms with Crippen molar-refractivity contribution >= 4 is 0 Å². The Hall–Kier alpha value is -1.95. The molecule has 2 rings (SSSR count). The molecule has 5 nitrogen and oxygen atoms in total. The summed E-state index contributed by atoms with van der Waals surface area (Å²) in [5.74, 6) is 0.603. The van der Waals surface area contributed by atoms with Crippen LogP contribution in [0.2, 0.25) is 0 Å². The van der Waals surface area contributed by atoms with E-state index in [1.807, 2.05) is 6.92 Å². The van der Waals surface area contributed by atoms with Crippen LogP contribution in [0.15, 0.2) is 24.5 Å². The second-order valence-corrected chi connectivity index (χ2v) is 4.20. The van der Waals surface area contributed by atoms with E-state index in [1.165, 1.54) is 19.5 Å². The fourth-order valence-corrected chi connectivity index (χ4v) is 1.94. The molecular weight excluding hydrogens is 247 g/mol. The number of aromatic nitrogens is 3. The summed E-state index contributed by atoms with van der Waals surface area (Å²) in [7, 11) is 1.43. The van der Waals surface area contributed by atoms with Gasteiger partial charge in [0.15, 0.2) is 11.6 Å². The molecule has 1 atom stereocenters. The summed E-state index contributed by atoms with van der Waals surface area (Å²) in [6, 6.07) is 4.42. The first-order chi connectivity index (χ1) is 9.15. The van der Waals surface area contributed by atoms with Gasteiger partial charge in [0.2, 0.25) is 0 Å². The van der Waals surface area contributed by atoms with E-state index < -0.39 is 5.82 Å². The summed E-state index contributed by atoms with van der Waals surface area (Å²) in [4.78, 5) is 4.16. The normalized spacial score (nSPS) is 12.4. The lowest BCUT2D eigenvalue weighted by molar-refractivity contribution is 0.386. The van der Waals surface area contributed by atoms with E-state index in [0.29, 0.717) is 12.0 Å². The summed E-state index contributed by atoms with van der Waals surface area (Å²) < 4.78 is 20.3. The zero-order chi connectivity index (χ0) is 13.8. The lowest BCUT2D eigenvalue weighted by Crippen LogP contribution is -2.17. The standard InChI is InChI=1S/C13H17FN4O/c1-3-18-13(16-8-17-18)7-11(15)9-4-5-12(19-2)10(14)6-9/h4-6,8,11H,3,7,15H2,1-2H3. The van der Waals surface area contributed by atoms with Crippen molar-refractivity contribution in [2.75, 3.05) is 7.11 Å². The van der Waals surface area contributed by atoms with Crippen molar-refractivity contribution in [3.05, 3.63) is 41.7 Å². The van der Waals surface area contributed by atoms with Crippen molar-refractivity contribution in [2.45, 2.75) is 25.9 Å². The minimum atomic E-state index is -0.410. The average molecular weight is 264 g/mol. The Bertz CT molecular complexity index is 555. The fourth-order valence-electron chi connectivity index (χ4n) is 1.94. The van der Waals surface area contributed by atoms with Crippen LogP contribution in [0.5, 0.6) is 5.75 Å². The minimum absolute atomic E-state index is 0.215. The van der Waals surface area contributed by atoms with E-state index in [-0.39, 0.29) is 11.8 Å². The highest BCUT2D eigenvalue weighted by atomic mass is 19.1. The van der Waals surface area contributed by atoms with Gasteiger partial charge in [0.05, 0.1) is 7.11 Å². The number of nitrogens with zero attached hydrogens (tertiary/aromatic N) is 3. The maximum atomic E-state index is 13.6. The van der Waals surface area contributed by atoms with Gasteiger partial charge in [0.25, 0.3) is 0 Å². The van der Waals surface area contributed by atoms with Crippen molar-refractivity contribution in [1.82, 2.24) is 14.8 Å². The van der Waals surface area contributed by atoms with Crippen molar-refractivity contribution in [2.24, 2.45) is 5.73 Å². The molecular formula is C13H17FN4O. The number of nitrogens with two attached hydrogens (primary N) is 1. The number of halogens is 1. The van der Waals surface area contributed by atoms with Crippen LogP contribution in [0.4, 0.5) is 4.39 Å². The lowest BCUT2D eigenvalue weighted by Gasteiger charge is -2.13. The Morgan fingerprint density at radius 3 is 2.89 bits per heavy atom. The molecule has 0 aliphatic rings. The molecule has 0 saturated heterocycles. The molecule has 2 N–H and O–H groups in total. The van der Waals surface area contributed by atoms with Crippen molar-refractivity contribution in [1.29, 1.82) is 0 Å². The number of hydrogen-bond donors (Lipinski definition) is 1. The van der Waals surface area contributed by atoms with Crippen LogP contribution in [0.25, 0.3) is 0 Å². The Kier molecular flexibility index (Phi) is 4.11. The summed E-state index contributed by atoms with van der Waals surface area (Å²) in [6.45, 7) is 2.72. The molecule has 0 bridgehead atoms. The Labute approximate surface area is 111 Å². The number of rotatable bonds is 5. The van der Waals surface area contributed by atoms with Crippen LogP contribution in [0.1, 0.15) is 24.4 Å². The molecule has 19 heavy (non-hydrogen) atoms. The predicted molar refractivity (Wildman–Crippen MR) is 69.3 cm³/mol. The summed E-state index contributed by atoms with van der Waals surface area (Å²) in [6.07, 6.45) is 2.01. The average Bonchev–Trinajstić information content (AvgIpc) is 2.85. The van der Waals surface area contributed by atoms with Gasteiger partial charge in [-0.05, 0) is 24.6 Å². The van der Waals surface area contributed by atoms with E-state index in [2.05, 4.69) is 10.1 Å². The topological polar surface area (TPSA) is 66.0 Å². The van der Waals surface area contributed by atoms with Gasteiger partial charge in [-0.15, -0.1) is 0 Å². The van der Waals surface area contributed by atoms with Crippen molar-refractivity contribution in [3.63, 3.8) is 0 Å². The monoisotopic (exact) mass is 264 g/mol. The van der Waals surface area contributed by atoms with Crippen LogP contribution >= 0.6 is 0 Å². The molecule has 0 fully saturated rings.